The van der Waals surface area contributed by atoms with E-state index >= 15 is 0 Å². The molecule has 3 aromatic rings. The van der Waals surface area contributed by atoms with E-state index in [4.69, 9.17) is 16.1 Å². The number of halogens is 3. The normalized spacial score (nSPS) is 14.1. The van der Waals surface area contributed by atoms with Crippen molar-refractivity contribution in [2.24, 2.45) is 0 Å². The Hall–Kier alpha value is -3.20. The molecule has 0 unspecified atom stereocenters. The molecule has 0 atom stereocenters. The van der Waals surface area contributed by atoms with Gasteiger partial charge in [0.1, 0.15) is 17.1 Å². The Balaban J connectivity index is 1.56. The summed E-state index contributed by atoms with van der Waals surface area (Å²) in [6, 6.07) is 5.81. The number of carbonyl (C=O) groups excluding carboxylic acids is 1. The molecule has 7 nitrogen and oxygen atoms in total. The first-order chi connectivity index (χ1) is 13.8. The molecule has 0 bridgehead atoms. The predicted octanol–water partition coefficient (Wildman–Crippen LogP) is 4.83. The fourth-order valence-electron chi connectivity index (χ4n) is 2.95. The van der Waals surface area contributed by atoms with Crippen LogP contribution in [0.2, 0.25) is 5.02 Å². The Bertz CT molecular complexity index is 1100. The van der Waals surface area contributed by atoms with Crippen molar-refractivity contribution in [2.75, 3.05) is 5.32 Å². The van der Waals surface area contributed by atoms with Gasteiger partial charge in [-0.15, -0.1) is 8.78 Å². The zero-order valence-electron chi connectivity index (χ0n) is 15.3. The van der Waals surface area contributed by atoms with Crippen LogP contribution in [0.4, 0.5) is 14.6 Å². The zero-order valence-corrected chi connectivity index (χ0v) is 16.0. The van der Waals surface area contributed by atoms with Gasteiger partial charge in [0.05, 0.1) is 10.7 Å². The van der Waals surface area contributed by atoms with Gasteiger partial charge in [0, 0.05) is 23.4 Å². The SMILES string of the molecule is CCc1noc(C)c1C(=O)Nc1ccc(-c2cc3c(cc2Cl)OC(F)(F)O3)cn1. The Labute approximate surface area is 168 Å². The number of benzene rings is 1. The molecule has 150 valence electrons. The number of pyridine rings is 1. The second-order valence-corrected chi connectivity index (χ2v) is 6.65. The van der Waals surface area contributed by atoms with Crippen molar-refractivity contribution >= 4 is 23.3 Å². The van der Waals surface area contributed by atoms with Gasteiger partial charge in [0.25, 0.3) is 5.91 Å². The third kappa shape index (κ3) is 3.61. The minimum absolute atomic E-state index is 0.123. The number of aromatic nitrogens is 2. The number of carbonyl (C=O) groups is 1. The summed E-state index contributed by atoms with van der Waals surface area (Å²) in [4.78, 5) is 16.7. The molecule has 0 aliphatic carbocycles. The van der Waals surface area contributed by atoms with Crippen molar-refractivity contribution in [3.8, 4) is 22.6 Å². The van der Waals surface area contributed by atoms with E-state index in [9.17, 15) is 13.6 Å². The molecule has 10 heteroatoms. The number of hydrogen-bond acceptors (Lipinski definition) is 6. The number of fused-ring (bicyclic) bond motifs is 1. The van der Waals surface area contributed by atoms with Crippen molar-refractivity contribution in [1.29, 1.82) is 0 Å². The third-order valence-corrected chi connectivity index (χ3v) is 4.62. The molecule has 0 spiro atoms. The molecule has 0 saturated heterocycles. The summed E-state index contributed by atoms with van der Waals surface area (Å²) in [6.45, 7) is 3.52. The number of amides is 1. The van der Waals surface area contributed by atoms with E-state index in [2.05, 4.69) is 24.9 Å². The molecule has 3 heterocycles. The molecule has 4 rings (SSSR count). The molecular weight excluding hydrogens is 408 g/mol. The molecule has 0 saturated carbocycles. The van der Waals surface area contributed by atoms with Gasteiger partial charge < -0.3 is 19.3 Å². The number of anilines is 1. The maximum Gasteiger partial charge on any atom is 0.586 e. The molecule has 1 aliphatic heterocycles. The van der Waals surface area contributed by atoms with Crippen LogP contribution in [0.25, 0.3) is 11.1 Å². The molecule has 0 fully saturated rings. The van der Waals surface area contributed by atoms with Crippen LogP contribution >= 0.6 is 11.6 Å². The number of rotatable bonds is 4. The van der Waals surface area contributed by atoms with Crippen LogP contribution in [0, 0.1) is 6.92 Å². The molecule has 1 aliphatic rings. The molecule has 1 amide bonds. The molecule has 0 radical (unpaired) electrons. The fraction of sp³-hybridized carbons (Fsp3) is 0.211. The highest BCUT2D eigenvalue weighted by Gasteiger charge is 2.43. The van der Waals surface area contributed by atoms with Gasteiger partial charge in [-0.3, -0.25) is 4.79 Å². The van der Waals surface area contributed by atoms with Crippen molar-refractivity contribution in [3.63, 3.8) is 0 Å². The summed E-state index contributed by atoms with van der Waals surface area (Å²) in [6.07, 6.45) is -1.72. The molecular formula is C19H14ClF2N3O4. The van der Waals surface area contributed by atoms with E-state index in [1.54, 1.807) is 19.1 Å². The second-order valence-electron chi connectivity index (χ2n) is 6.25. The lowest BCUT2D eigenvalue weighted by atomic mass is 10.1. The summed E-state index contributed by atoms with van der Waals surface area (Å²) in [5, 5.41) is 6.72. The van der Waals surface area contributed by atoms with Crippen molar-refractivity contribution < 1.29 is 27.6 Å². The number of nitrogens with zero attached hydrogens (tertiary/aromatic N) is 2. The van der Waals surface area contributed by atoms with Gasteiger partial charge in [0.15, 0.2) is 11.5 Å². The number of hydrogen-bond donors (Lipinski definition) is 1. The van der Waals surface area contributed by atoms with Crippen LogP contribution in [-0.4, -0.2) is 22.3 Å². The topological polar surface area (TPSA) is 86.5 Å². The van der Waals surface area contributed by atoms with E-state index in [-0.39, 0.29) is 22.4 Å². The van der Waals surface area contributed by atoms with Gasteiger partial charge in [0.2, 0.25) is 0 Å². The fourth-order valence-corrected chi connectivity index (χ4v) is 3.21. The highest BCUT2D eigenvalue weighted by Crippen LogP contribution is 2.46. The quantitative estimate of drug-likeness (QED) is 0.649. The van der Waals surface area contributed by atoms with E-state index in [1.165, 1.54) is 18.3 Å². The maximum absolute atomic E-state index is 13.2. The van der Waals surface area contributed by atoms with Crippen LogP contribution < -0.4 is 14.8 Å². The maximum atomic E-state index is 13.2. The van der Waals surface area contributed by atoms with Crippen LogP contribution in [0.15, 0.2) is 35.0 Å². The summed E-state index contributed by atoms with van der Waals surface area (Å²) in [7, 11) is 0. The molecule has 2 aromatic heterocycles. The lowest BCUT2D eigenvalue weighted by Gasteiger charge is -2.08. The van der Waals surface area contributed by atoms with Gasteiger partial charge in [-0.2, -0.15) is 0 Å². The van der Waals surface area contributed by atoms with Gasteiger partial charge in [-0.1, -0.05) is 23.7 Å². The average molecular weight is 422 g/mol. The van der Waals surface area contributed by atoms with E-state index in [0.29, 0.717) is 40.4 Å². The average Bonchev–Trinajstić information content (AvgIpc) is 3.19. The van der Waals surface area contributed by atoms with Gasteiger partial charge >= 0.3 is 6.29 Å². The first kappa shape index (κ1) is 19.1. The van der Waals surface area contributed by atoms with Crippen molar-refractivity contribution in [2.45, 2.75) is 26.6 Å². The standard InChI is InChI=1S/C19H14ClF2N3O4/c1-3-13-17(9(2)29-25-13)18(26)24-16-5-4-10(8-23-16)11-6-14-15(7-12(11)20)28-19(21,22)27-14/h4-8H,3H2,1-2H3,(H,23,24,26). The molecule has 29 heavy (non-hydrogen) atoms. The monoisotopic (exact) mass is 421 g/mol. The predicted molar refractivity (Wildman–Crippen MR) is 99.5 cm³/mol. The molecule has 1 aromatic carbocycles. The molecule has 1 N–H and O–H groups in total. The van der Waals surface area contributed by atoms with Gasteiger partial charge in [-0.05, 0) is 31.5 Å². The second kappa shape index (κ2) is 7.00. The third-order valence-electron chi connectivity index (χ3n) is 4.30. The largest absolute Gasteiger partial charge is 0.586 e. The number of nitrogens with one attached hydrogen (secondary N) is 1. The van der Waals surface area contributed by atoms with E-state index in [0.717, 1.165) is 0 Å². The number of aryl methyl sites for hydroxylation is 2. The van der Waals surface area contributed by atoms with Crippen LogP contribution in [0.1, 0.15) is 28.7 Å². The lowest BCUT2D eigenvalue weighted by Crippen LogP contribution is -2.25. The summed E-state index contributed by atoms with van der Waals surface area (Å²) in [5.41, 5.74) is 1.91. The van der Waals surface area contributed by atoms with Gasteiger partial charge in [-0.25, -0.2) is 4.98 Å². The first-order valence-corrected chi connectivity index (χ1v) is 8.97. The Morgan fingerprint density at radius 2 is 1.97 bits per heavy atom. The summed E-state index contributed by atoms with van der Waals surface area (Å²) < 4.78 is 40.3. The van der Waals surface area contributed by atoms with Crippen molar-refractivity contribution in [3.05, 3.63) is 52.5 Å². The summed E-state index contributed by atoms with van der Waals surface area (Å²) >= 11 is 6.18. The van der Waals surface area contributed by atoms with Crippen LogP contribution in [0.5, 0.6) is 11.5 Å². The highest BCUT2D eigenvalue weighted by atomic mass is 35.5. The van der Waals surface area contributed by atoms with E-state index in [1.807, 2.05) is 6.92 Å². The van der Waals surface area contributed by atoms with Crippen LogP contribution in [-0.2, 0) is 6.42 Å². The van der Waals surface area contributed by atoms with Crippen molar-refractivity contribution in [1.82, 2.24) is 10.1 Å². The number of ether oxygens (including phenoxy) is 2. The minimum Gasteiger partial charge on any atom is -0.395 e. The summed E-state index contributed by atoms with van der Waals surface area (Å²) in [5.74, 6) is 0.0622. The smallest absolute Gasteiger partial charge is 0.395 e. The Kier molecular flexibility index (Phi) is 4.62. The number of alkyl halides is 2. The zero-order chi connectivity index (χ0) is 20.8. The minimum atomic E-state index is -3.73. The lowest BCUT2D eigenvalue weighted by molar-refractivity contribution is -0.286. The van der Waals surface area contributed by atoms with Crippen LogP contribution in [0.3, 0.4) is 0 Å². The first-order valence-electron chi connectivity index (χ1n) is 8.59. The van der Waals surface area contributed by atoms with E-state index < -0.39 is 6.29 Å². The Morgan fingerprint density at radius 3 is 2.62 bits per heavy atom. The highest BCUT2D eigenvalue weighted by molar-refractivity contribution is 6.33. The Morgan fingerprint density at radius 1 is 1.24 bits per heavy atom.